The van der Waals surface area contributed by atoms with Gasteiger partial charge < -0.3 is 10.5 Å². The summed E-state index contributed by atoms with van der Waals surface area (Å²) in [6.45, 7) is 0. The highest BCUT2D eigenvalue weighted by Crippen LogP contribution is 2.26. The Hall–Kier alpha value is -1.66. The van der Waals surface area contributed by atoms with Gasteiger partial charge in [-0.15, -0.1) is 11.8 Å². The van der Waals surface area contributed by atoms with Gasteiger partial charge in [0.15, 0.2) is 0 Å². The van der Waals surface area contributed by atoms with E-state index in [9.17, 15) is 4.39 Å². The van der Waals surface area contributed by atoms with Gasteiger partial charge in [-0.3, -0.25) is 4.98 Å². The van der Waals surface area contributed by atoms with E-state index in [4.69, 9.17) is 10.5 Å². The first-order valence-corrected chi connectivity index (χ1v) is 6.68. The number of nitrogens with two attached hydrogens (primary N) is 1. The van der Waals surface area contributed by atoms with E-state index >= 15 is 0 Å². The van der Waals surface area contributed by atoms with Crippen LogP contribution in [-0.2, 0) is 0 Å². The molecular formula is C13H14FN3OS. The van der Waals surface area contributed by atoms with Crippen molar-refractivity contribution in [2.75, 3.05) is 12.9 Å². The van der Waals surface area contributed by atoms with Crippen LogP contribution in [-0.4, -0.2) is 22.8 Å². The van der Waals surface area contributed by atoms with Crippen LogP contribution in [0.25, 0.3) is 0 Å². The Bertz CT molecular complexity index is 553. The maximum absolute atomic E-state index is 13.0. The molecule has 0 saturated carbocycles. The molecule has 1 atom stereocenters. The average molecular weight is 279 g/mol. The fourth-order valence-electron chi connectivity index (χ4n) is 1.57. The molecular weight excluding hydrogens is 265 g/mol. The van der Waals surface area contributed by atoms with E-state index in [0.717, 1.165) is 4.90 Å². The highest BCUT2D eigenvalue weighted by molar-refractivity contribution is 7.99. The summed E-state index contributed by atoms with van der Waals surface area (Å²) in [6.07, 6.45) is 3.12. The maximum Gasteiger partial charge on any atom is 0.237 e. The minimum atomic E-state index is -0.322. The zero-order valence-corrected chi connectivity index (χ0v) is 11.2. The summed E-state index contributed by atoms with van der Waals surface area (Å²) in [7, 11) is 1.53. The van der Waals surface area contributed by atoms with Gasteiger partial charge >= 0.3 is 0 Å². The molecule has 6 heteroatoms. The molecule has 0 radical (unpaired) electrons. The molecule has 100 valence electrons. The summed E-state index contributed by atoms with van der Waals surface area (Å²) in [5.41, 5.74) is 6.67. The molecule has 1 aromatic heterocycles. The summed E-state index contributed by atoms with van der Waals surface area (Å²) >= 11 is 1.47. The Labute approximate surface area is 115 Å². The number of thioether (sulfide) groups is 1. The second-order valence-corrected chi connectivity index (χ2v) is 4.92. The van der Waals surface area contributed by atoms with Crippen molar-refractivity contribution in [1.82, 2.24) is 9.97 Å². The van der Waals surface area contributed by atoms with E-state index in [0.29, 0.717) is 17.3 Å². The van der Waals surface area contributed by atoms with Gasteiger partial charge in [0, 0.05) is 23.0 Å². The van der Waals surface area contributed by atoms with Crippen molar-refractivity contribution in [3.05, 3.63) is 48.2 Å². The molecule has 1 aromatic carbocycles. The Balaban J connectivity index is 2.03. The predicted molar refractivity (Wildman–Crippen MR) is 72.6 cm³/mol. The number of ether oxygens (including phenoxy) is 1. The summed E-state index contributed by atoms with van der Waals surface area (Å²) in [6, 6.07) is 6.08. The van der Waals surface area contributed by atoms with Gasteiger partial charge in [-0.05, 0) is 18.2 Å². The van der Waals surface area contributed by atoms with Gasteiger partial charge in [-0.2, -0.15) is 0 Å². The lowest BCUT2D eigenvalue weighted by Crippen LogP contribution is -2.16. The normalized spacial score (nSPS) is 12.2. The lowest BCUT2D eigenvalue weighted by atomic mass is 10.2. The second kappa shape index (κ2) is 6.49. The Morgan fingerprint density at radius 3 is 2.89 bits per heavy atom. The van der Waals surface area contributed by atoms with Crippen LogP contribution in [0, 0.1) is 5.82 Å². The van der Waals surface area contributed by atoms with Gasteiger partial charge in [-0.25, -0.2) is 9.37 Å². The molecule has 2 aromatic rings. The van der Waals surface area contributed by atoms with E-state index in [1.165, 1.54) is 31.0 Å². The van der Waals surface area contributed by atoms with Crippen molar-refractivity contribution < 1.29 is 9.13 Å². The standard InChI is InChI=1S/C13H14FN3OS/c1-18-13-12(16-5-6-17-13)11(15)8-19-10-4-2-3-9(14)7-10/h2-7,11H,8,15H2,1H3. The highest BCUT2D eigenvalue weighted by Gasteiger charge is 2.14. The van der Waals surface area contributed by atoms with E-state index < -0.39 is 0 Å². The molecule has 19 heavy (non-hydrogen) atoms. The smallest absolute Gasteiger partial charge is 0.237 e. The molecule has 0 amide bonds. The minimum absolute atomic E-state index is 0.254. The lowest BCUT2D eigenvalue weighted by Gasteiger charge is -2.13. The Morgan fingerprint density at radius 1 is 1.37 bits per heavy atom. The Kier molecular flexibility index (Phi) is 4.70. The molecule has 0 aliphatic rings. The second-order valence-electron chi connectivity index (χ2n) is 3.83. The lowest BCUT2D eigenvalue weighted by molar-refractivity contribution is 0.386. The number of rotatable bonds is 5. The molecule has 0 aliphatic carbocycles. The van der Waals surface area contributed by atoms with Gasteiger partial charge in [-0.1, -0.05) is 6.07 Å². The average Bonchev–Trinajstić information content (AvgIpc) is 2.45. The van der Waals surface area contributed by atoms with Crippen molar-refractivity contribution >= 4 is 11.8 Å². The van der Waals surface area contributed by atoms with E-state index in [1.54, 1.807) is 18.5 Å². The number of benzene rings is 1. The van der Waals surface area contributed by atoms with Crippen LogP contribution in [0.4, 0.5) is 4.39 Å². The third-order valence-electron chi connectivity index (χ3n) is 2.46. The molecule has 0 fully saturated rings. The van der Waals surface area contributed by atoms with Gasteiger partial charge in [0.25, 0.3) is 0 Å². The van der Waals surface area contributed by atoms with E-state index in [-0.39, 0.29) is 11.9 Å². The number of methoxy groups -OCH3 is 1. The number of halogens is 1. The molecule has 2 N–H and O–H groups in total. The van der Waals surface area contributed by atoms with Crippen LogP contribution in [0.3, 0.4) is 0 Å². The minimum Gasteiger partial charge on any atom is -0.480 e. The third-order valence-corrected chi connectivity index (χ3v) is 3.57. The highest BCUT2D eigenvalue weighted by atomic mass is 32.2. The molecule has 0 spiro atoms. The van der Waals surface area contributed by atoms with Crippen LogP contribution >= 0.6 is 11.8 Å². The van der Waals surface area contributed by atoms with E-state index in [1.807, 2.05) is 6.07 Å². The summed E-state index contributed by atoms with van der Waals surface area (Å²) in [5, 5.41) is 0. The van der Waals surface area contributed by atoms with Gasteiger partial charge in [0.2, 0.25) is 5.88 Å². The first-order chi connectivity index (χ1) is 9.20. The third kappa shape index (κ3) is 3.65. The summed E-state index contributed by atoms with van der Waals surface area (Å²) in [5.74, 6) is 0.740. The monoisotopic (exact) mass is 279 g/mol. The summed E-state index contributed by atoms with van der Waals surface area (Å²) < 4.78 is 18.2. The summed E-state index contributed by atoms with van der Waals surface area (Å²) in [4.78, 5) is 9.06. The van der Waals surface area contributed by atoms with Crippen LogP contribution in [0.1, 0.15) is 11.7 Å². The van der Waals surface area contributed by atoms with Crippen molar-refractivity contribution in [2.24, 2.45) is 5.73 Å². The van der Waals surface area contributed by atoms with Crippen LogP contribution in [0.5, 0.6) is 5.88 Å². The fourth-order valence-corrected chi connectivity index (χ4v) is 2.47. The SMILES string of the molecule is COc1nccnc1C(N)CSc1cccc(F)c1. The molecule has 0 bridgehead atoms. The van der Waals surface area contributed by atoms with Crippen LogP contribution < -0.4 is 10.5 Å². The molecule has 1 heterocycles. The van der Waals surface area contributed by atoms with Crippen molar-refractivity contribution in [3.8, 4) is 5.88 Å². The van der Waals surface area contributed by atoms with Crippen molar-refractivity contribution in [2.45, 2.75) is 10.9 Å². The number of hydrogen-bond donors (Lipinski definition) is 1. The van der Waals surface area contributed by atoms with Crippen molar-refractivity contribution in [1.29, 1.82) is 0 Å². The molecule has 1 unspecified atom stereocenters. The molecule has 0 aliphatic heterocycles. The number of hydrogen-bond acceptors (Lipinski definition) is 5. The topological polar surface area (TPSA) is 61.0 Å². The zero-order chi connectivity index (χ0) is 13.7. The first-order valence-electron chi connectivity index (χ1n) is 5.69. The molecule has 0 saturated heterocycles. The van der Waals surface area contributed by atoms with E-state index in [2.05, 4.69) is 9.97 Å². The predicted octanol–water partition coefficient (Wildman–Crippen LogP) is 2.42. The number of aromatic nitrogens is 2. The van der Waals surface area contributed by atoms with Gasteiger partial charge in [0.05, 0.1) is 13.2 Å². The van der Waals surface area contributed by atoms with Crippen LogP contribution in [0.15, 0.2) is 41.6 Å². The number of nitrogens with zero attached hydrogens (tertiary/aromatic N) is 2. The largest absolute Gasteiger partial charge is 0.480 e. The molecule has 2 rings (SSSR count). The van der Waals surface area contributed by atoms with Crippen LogP contribution in [0.2, 0.25) is 0 Å². The maximum atomic E-state index is 13.0. The van der Waals surface area contributed by atoms with Crippen molar-refractivity contribution in [3.63, 3.8) is 0 Å². The quantitative estimate of drug-likeness (QED) is 0.852. The van der Waals surface area contributed by atoms with Gasteiger partial charge in [0.1, 0.15) is 11.5 Å². The fraction of sp³-hybridized carbons (Fsp3) is 0.231. The Morgan fingerprint density at radius 2 is 2.16 bits per heavy atom. The zero-order valence-electron chi connectivity index (χ0n) is 10.4. The first kappa shape index (κ1) is 13.8. The molecule has 4 nitrogen and oxygen atoms in total.